The molecule has 2 aliphatic heterocycles. The Kier molecular flexibility index (Phi) is 12.8. The van der Waals surface area contributed by atoms with Crippen molar-refractivity contribution >= 4 is 5.70 Å². The minimum absolute atomic E-state index is 0. The second-order valence-electron chi connectivity index (χ2n) is 8.16. The number of rotatable bonds is 4. The quantitative estimate of drug-likeness (QED) is 0.416. The van der Waals surface area contributed by atoms with Crippen LogP contribution >= 0.6 is 0 Å². The summed E-state index contributed by atoms with van der Waals surface area (Å²) in [6, 6.07) is 9.33. The van der Waals surface area contributed by atoms with Crippen LogP contribution in [0.25, 0.3) is 5.70 Å². The molecule has 4 rings (SSSR count). The van der Waals surface area contributed by atoms with Gasteiger partial charge in [-0.25, -0.2) is 0 Å². The smallest absolute Gasteiger partial charge is 0.0879 e. The Morgan fingerprint density at radius 3 is 2.38 bits per heavy atom. The zero-order chi connectivity index (χ0) is 20.4. The molecule has 160 valence electrons. The molecule has 1 saturated carbocycles. The van der Waals surface area contributed by atoms with Gasteiger partial charge < -0.3 is 21.4 Å². The molecule has 3 aliphatic rings. The zero-order valence-electron chi connectivity index (χ0n) is 19.4. The molecule has 2 heterocycles. The number of hydrogen-bond donors (Lipinski definition) is 1. The van der Waals surface area contributed by atoms with Crippen LogP contribution in [0.1, 0.15) is 89.8 Å². The molecule has 0 spiro atoms. The molecule has 1 aromatic rings. The van der Waals surface area contributed by atoms with Gasteiger partial charge in [0, 0.05) is 38.4 Å². The topological polar surface area (TPSA) is 24.5 Å². The minimum atomic E-state index is 0. The van der Waals surface area contributed by atoms with Gasteiger partial charge in [0.2, 0.25) is 0 Å². The van der Waals surface area contributed by atoms with Crippen LogP contribution in [0.4, 0.5) is 0 Å². The minimum Gasteiger partial charge on any atom is -0.381 e. The molecule has 3 nitrogen and oxygen atoms in total. The van der Waals surface area contributed by atoms with E-state index in [1.165, 1.54) is 55.3 Å². The number of ether oxygens (including phenoxy) is 1. The van der Waals surface area contributed by atoms with Crippen molar-refractivity contribution in [2.24, 2.45) is 5.92 Å². The molecule has 0 saturated heterocycles. The molecule has 0 radical (unpaired) electrons. The first-order valence-corrected chi connectivity index (χ1v) is 11.3. The van der Waals surface area contributed by atoms with Crippen molar-refractivity contribution in [3.63, 3.8) is 0 Å². The number of benzene rings is 1. The third-order valence-electron chi connectivity index (χ3n) is 5.72. The first-order chi connectivity index (χ1) is 13.7. The molecule has 4 heteroatoms. The van der Waals surface area contributed by atoms with Crippen LogP contribution in [-0.4, -0.2) is 24.8 Å². The van der Waals surface area contributed by atoms with Gasteiger partial charge >= 0.3 is 0 Å². The SMILES string of the molecule is CCC.COC(CC1c2ccccc2C2=CNCN21)C1CCCCC1.C[CH-]C.[Zn]. The first-order valence-electron chi connectivity index (χ1n) is 11.3. The molecule has 2 unspecified atom stereocenters. The largest absolute Gasteiger partial charge is 0.381 e. The fraction of sp³-hybridized carbons (Fsp3) is 0.640. The van der Waals surface area contributed by atoms with Crippen LogP contribution in [0, 0.1) is 12.3 Å². The number of fused-ring (bicyclic) bond motifs is 3. The number of nitrogens with one attached hydrogen (secondary N) is 1. The van der Waals surface area contributed by atoms with E-state index in [9.17, 15) is 0 Å². The third-order valence-corrected chi connectivity index (χ3v) is 5.72. The molecule has 2 atom stereocenters. The van der Waals surface area contributed by atoms with Gasteiger partial charge in [-0.3, -0.25) is 0 Å². The van der Waals surface area contributed by atoms with Gasteiger partial charge in [0.05, 0.1) is 24.5 Å². The van der Waals surface area contributed by atoms with Crippen molar-refractivity contribution < 1.29 is 24.2 Å². The van der Waals surface area contributed by atoms with Crippen molar-refractivity contribution in [1.82, 2.24) is 10.2 Å². The van der Waals surface area contributed by atoms with E-state index in [-0.39, 0.29) is 19.5 Å². The number of nitrogens with zero attached hydrogens (tertiary/aromatic N) is 1. The Morgan fingerprint density at radius 2 is 1.76 bits per heavy atom. The molecular weight excluding hydrogens is 410 g/mol. The molecule has 0 bridgehead atoms. The molecule has 29 heavy (non-hydrogen) atoms. The maximum absolute atomic E-state index is 5.95. The van der Waals surface area contributed by atoms with Crippen molar-refractivity contribution in [2.45, 2.75) is 84.8 Å². The van der Waals surface area contributed by atoms with Crippen LogP contribution in [0.3, 0.4) is 0 Å². The normalized spacial score (nSPS) is 20.5. The summed E-state index contributed by atoms with van der Waals surface area (Å²) in [5.74, 6) is 0.745. The van der Waals surface area contributed by atoms with Gasteiger partial charge in [-0.2, -0.15) is 13.8 Å². The summed E-state index contributed by atoms with van der Waals surface area (Å²) < 4.78 is 5.95. The Morgan fingerprint density at radius 1 is 1.14 bits per heavy atom. The van der Waals surface area contributed by atoms with Crippen molar-refractivity contribution in [2.75, 3.05) is 13.8 Å². The first kappa shape index (κ1) is 26.2. The van der Waals surface area contributed by atoms with E-state index >= 15 is 0 Å². The van der Waals surface area contributed by atoms with Crippen molar-refractivity contribution in [3.05, 3.63) is 48.0 Å². The van der Waals surface area contributed by atoms with Crippen LogP contribution < -0.4 is 5.32 Å². The van der Waals surface area contributed by atoms with E-state index < -0.39 is 0 Å². The Hall–Kier alpha value is -0.857. The Balaban J connectivity index is 0.000000540. The van der Waals surface area contributed by atoms with Gasteiger partial charge in [0.15, 0.2) is 0 Å². The van der Waals surface area contributed by atoms with Gasteiger partial charge in [-0.05, 0) is 30.7 Å². The number of hydrogen-bond acceptors (Lipinski definition) is 3. The summed E-state index contributed by atoms with van der Waals surface area (Å²) in [7, 11) is 1.90. The van der Waals surface area contributed by atoms with Gasteiger partial charge in [-0.1, -0.05) is 63.8 Å². The van der Waals surface area contributed by atoms with Crippen LogP contribution in [-0.2, 0) is 24.2 Å². The molecule has 1 aliphatic carbocycles. The molecule has 1 N–H and O–H groups in total. The summed E-state index contributed by atoms with van der Waals surface area (Å²) in [5, 5.41) is 3.39. The van der Waals surface area contributed by atoms with E-state index in [2.05, 4.69) is 54.5 Å². The fourth-order valence-electron chi connectivity index (χ4n) is 4.57. The average Bonchev–Trinajstić information content (AvgIpc) is 3.30. The zero-order valence-corrected chi connectivity index (χ0v) is 22.4. The maximum atomic E-state index is 5.95. The second-order valence-corrected chi connectivity index (χ2v) is 8.16. The molecular formula is C25H41N2OZn-. The second kappa shape index (κ2) is 14.2. The van der Waals surface area contributed by atoms with Gasteiger partial charge in [-0.15, -0.1) is 0 Å². The van der Waals surface area contributed by atoms with E-state index in [1.54, 1.807) is 0 Å². The summed E-state index contributed by atoms with van der Waals surface area (Å²) in [6.07, 6.45) is 13.8. The van der Waals surface area contributed by atoms with E-state index in [1.807, 2.05) is 27.4 Å². The van der Waals surface area contributed by atoms with E-state index in [4.69, 9.17) is 4.74 Å². The predicted octanol–water partition coefficient (Wildman–Crippen LogP) is 6.53. The van der Waals surface area contributed by atoms with Crippen molar-refractivity contribution in [1.29, 1.82) is 0 Å². The number of methoxy groups -OCH3 is 1. The van der Waals surface area contributed by atoms with Crippen LogP contribution in [0.2, 0.25) is 0 Å². The van der Waals surface area contributed by atoms with Gasteiger partial charge in [0.1, 0.15) is 0 Å². The average molecular weight is 451 g/mol. The standard InChI is InChI=1S/C19H26N2O.C3H8.C3H7.Zn/c1-22-19(14-7-3-2-4-8-14)11-17-15-9-5-6-10-16(15)18-12-20-13-21(17)18;2*1-3-2;/h5-6,9-10,12,14,17,19-20H,2-4,7-8,11,13H2,1H3;3H2,1-2H3;3H,1-2H3;/q;;-1;. The van der Waals surface area contributed by atoms with Gasteiger partial charge in [0.25, 0.3) is 0 Å². The summed E-state index contributed by atoms with van der Waals surface area (Å²) >= 11 is 0. The van der Waals surface area contributed by atoms with E-state index in [0.29, 0.717) is 12.1 Å². The summed E-state index contributed by atoms with van der Waals surface area (Å²) in [6.45, 7) is 9.18. The summed E-state index contributed by atoms with van der Waals surface area (Å²) in [4.78, 5) is 2.51. The Bertz CT molecular complexity index is 596. The molecule has 1 aromatic carbocycles. The van der Waals surface area contributed by atoms with Crippen LogP contribution in [0.15, 0.2) is 30.5 Å². The monoisotopic (exact) mass is 449 g/mol. The van der Waals surface area contributed by atoms with Crippen LogP contribution in [0.5, 0.6) is 0 Å². The summed E-state index contributed by atoms with van der Waals surface area (Å²) in [5.41, 5.74) is 4.24. The van der Waals surface area contributed by atoms with E-state index in [0.717, 1.165) is 19.0 Å². The molecule has 0 aromatic heterocycles. The van der Waals surface area contributed by atoms with Crippen molar-refractivity contribution in [3.8, 4) is 0 Å². The molecule has 1 fully saturated rings. The third kappa shape index (κ3) is 6.82. The molecule has 0 amide bonds. The fourth-order valence-corrected chi connectivity index (χ4v) is 4.57. The maximum Gasteiger partial charge on any atom is 0.0879 e. The predicted molar refractivity (Wildman–Crippen MR) is 121 cm³/mol. The Labute approximate surface area is 192 Å².